The molecule has 2 aromatic rings. The van der Waals surface area contributed by atoms with E-state index in [0.717, 1.165) is 12.8 Å². The maximum Gasteiger partial charge on any atom is 0.254 e. The lowest BCUT2D eigenvalue weighted by atomic mass is 10.3. The Morgan fingerprint density at radius 2 is 1.95 bits per heavy atom. The van der Waals surface area contributed by atoms with Crippen LogP contribution in [0.2, 0.25) is 0 Å². The van der Waals surface area contributed by atoms with Gasteiger partial charge in [0.2, 0.25) is 5.95 Å². The molecule has 0 bridgehead atoms. The van der Waals surface area contributed by atoms with Crippen molar-refractivity contribution in [3.8, 4) is 0 Å². The highest BCUT2D eigenvalue weighted by molar-refractivity contribution is 5.93. The first-order chi connectivity index (χ1) is 10.2. The predicted octanol–water partition coefficient (Wildman–Crippen LogP) is 2.89. The lowest BCUT2D eigenvalue weighted by Gasteiger charge is -2.07. The molecule has 6 heteroatoms. The van der Waals surface area contributed by atoms with Crippen LogP contribution in [-0.4, -0.2) is 22.4 Å². The molecule has 2 rings (SSSR count). The Labute approximate surface area is 122 Å². The van der Waals surface area contributed by atoms with Gasteiger partial charge in [-0.1, -0.05) is 25.5 Å². The van der Waals surface area contributed by atoms with Crippen LogP contribution in [0, 0.1) is 5.82 Å². The number of carbonyl (C=O) groups is 1. The number of hydrogen-bond donors (Lipinski definition) is 2. The number of unbranched alkanes of at least 4 members (excludes halogenated alkanes) is 1. The smallest absolute Gasteiger partial charge is 0.254 e. The van der Waals surface area contributed by atoms with E-state index < -0.39 is 0 Å². The molecule has 110 valence electrons. The van der Waals surface area contributed by atoms with E-state index in [-0.39, 0.29) is 23.4 Å². The molecular weight excluding hydrogens is 271 g/mol. The van der Waals surface area contributed by atoms with Crippen LogP contribution in [-0.2, 0) is 0 Å². The number of halogens is 1. The summed E-state index contributed by atoms with van der Waals surface area (Å²) in [4.78, 5) is 19.8. The summed E-state index contributed by atoms with van der Waals surface area (Å²) in [6.07, 6.45) is 4.77. The zero-order valence-electron chi connectivity index (χ0n) is 11.8. The summed E-state index contributed by atoms with van der Waals surface area (Å²) in [5, 5.41) is 5.54. The lowest BCUT2D eigenvalue weighted by molar-refractivity contribution is 0.0952. The van der Waals surface area contributed by atoms with Crippen LogP contribution in [0.1, 0.15) is 30.1 Å². The van der Waals surface area contributed by atoms with Gasteiger partial charge in [0.1, 0.15) is 5.82 Å². The largest absolute Gasteiger partial charge is 0.352 e. The first-order valence-electron chi connectivity index (χ1n) is 6.82. The van der Waals surface area contributed by atoms with Crippen LogP contribution in [0.3, 0.4) is 0 Å². The average Bonchev–Trinajstić information content (AvgIpc) is 2.50. The Hall–Kier alpha value is -2.50. The third kappa shape index (κ3) is 4.24. The molecule has 1 aromatic carbocycles. The fourth-order valence-corrected chi connectivity index (χ4v) is 1.67. The zero-order valence-corrected chi connectivity index (χ0v) is 11.8. The van der Waals surface area contributed by atoms with Gasteiger partial charge in [-0.3, -0.25) is 4.79 Å². The van der Waals surface area contributed by atoms with Crippen LogP contribution in [0.25, 0.3) is 0 Å². The second-order valence-electron chi connectivity index (χ2n) is 4.51. The van der Waals surface area contributed by atoms with Gasteiger partial charge in [0, 0.05) is 18.9 Å². The van der Waals surface area contributed by atoms with Gasteiger partial charge in [-0.25, -0.2) is 14.4 Å². The number of nitrogens with zero attached hydrogens (tertiary/aromatic N) is 2. The summed E-state index contributed by atoms with van der Waals surface area (Å²) in [7, 11) is 0. The van der Waals surface area contributed by atoms with E-state index in [1.165, 1.54) is 18.5 Å². The molecule has 1 heterocycles. The van der Waals surface area contributed by atoms with Gasteiger partial charge in [-0.15, -0.1) is 0 Å². The van der Waals surface area contributed by atoms with Gasteiger partial charge < -0.3 is 10.6 Å². The number of hydrogen-bond acceptors (Lipinski definition) is 4. The summed E-state index contributed by atoms with van der Waals surface area (Å²) in [5.41, 5.74) is 0.669. The minimum Gasteiger partial charge on any atom is -0.352 e. The molecule has 0 fully saturated rings. The van der Waals surface area contributed by atoms with E-state index in [1.807, 2.05) is 0 Å². The zero-order chi connectivity index (χ0) is 15.1. The number of carbonyl (C=O) groups excluding carboxylic acids is 1. The molecule has 0 saturated carbocycles. The van der Waals surface area contributed by atoms with Crippen LogP contribution >= 0.6 is 0 Å². The minimum atomic E-state index is -0.387. The molecule has 0 aliphatic rings. The second kappa shape index (κ2) is 7.33. The quantitative estimate of drug-likeness (QED) is 0.802. The molecule has 0 saturated heterocycles. The van der Waals surface area contributed by atoms with Crippen molar-refractivity contribution in [1.29, 1.82) is 0 Å². The summed E-state index contributed by atoms with van der Waals surface area (Å²) in [5.74, 6) is -0.353. The van der Waals surface area contributed by atoms with Crippen molar-refractivity contribution >= 4 is 17.5 Å². The second-order valence-corrected chi connectivity index (χ2v) is 4.51. The molecule has 0 aliphatic heterocycles. The topological polar surface area (TPSA) is 66.9 Å². The van der Waals surface area contributed by atoms with Gasteiger partial charge in [-0.05, 0) is 18.6 Å². The van der Waals surface area contributed by atoms with Gasteiger partial charge >= 0.3 is 0 Å². The molecule has 2 N–H and O–H groups in total. The summed E-state index contributed by atoms with van der Waals surface area (Å²) < 4.78 is 13.5. The Morgan fingerprint density at radius 3 is 2.62 bits per heavy atom. The highest BCUT2D eigenvalue weighted by atomic mass is 19.1. The Balaban J connectivity index is 1.99. The Morgan fingerprint density at radius 1 is 1.24 bits per heavy atom. The molecule has 0 unspecified atom stereocenters. The van der Waals surface area contributed by atoms with Crippen LogP contribution < -0.4 is 10.6 Å². The van der Waals surface area contributed by atoms with E-state index in [1.54, 1.807) is 18.2 Å². The van der Waals surface area contributed by atoms with Crippen molar-refractivity contribution < 1.29 is 9.18 Å². The van der Waals surface area contributed by atoms with E-state index in [4.69, 9.17) is 0 Å². The molecule has 0 spiro atoms. The molecule has 0 atom stereocenters. The van der Waals surface area contributed by atoms with Crippen LogP contribution in [0.5, 0.6) is 0 Å². The fourth-order valence-electron chi connectivity index (χ4n) is 1.67. The van der Waals surface area contributed by atoms with Crippen molar-refractivity contribution in [2.75, 3.05) is 11.9 Å². The first kappa shape index (κ1) is 14.9. The predicted molar refractivity (Wildman–Crippen MR) is 79.0 cm³/mol. The number of nitrogens with one attached hydrogen (secondary N) is 2. The number of anilines is 2. The molecule has 1 aromatic heterocycles. The minimum absolute atomic E-state index is 0.208. The normalized spacial score (nSPS) is 10.2. The maximum absolute atomic E-state index is 13.5. The van der Waals surface area contributed by atoms with E-state index in [9.17, 15) is 9.18 Å². The van der Waals surface area contributed by atoms with Gasteiger partial charge in [0.05, 0.1) is 11.3 Å². The van der Waals surface area contributed by atoms with Crippen molar-refractivity contribution in [3.63, 3.8) is 0 Å². The standard InChI is InChI=1S/C15H17FN4O/c1-2-3-8-17-14(21)11-9-18-15(19-10-11)20-13-7-5-4-6-12(13)16/h4-7,9-10H,2-3,8H2,1H3,(H,17,21)(H,18,19,20). The molecular formula is C15H17FN4O. The highest BCUT2D eigenvalue weighted by Gasteiger charge is 2.07. The monoisotopic (exact) mass is 288 g/mol. The number of aromatic nitrogens is 2. The van der Waals surface area contributed by atoms with Gasteiger partial charge in [-0.2, -0.15) is 0 Å². The van der Waals surface area contributed by atoms with Crippen molar-refractivity contribution in [3.05, 3.63) is 48.0 Å². The average molecular weight is 288 g/mol. The number of benzene rings is 1. The summed E-state index contributed by atoms with van der Waals surface area (Å²) >= 11 is 0. The number of para-hydroxylation sites is 1. The number of amides is 1. The van der Waals surface area contributed by atoms with Crippen molar-refractivity contribution in [2.45, 2.75) is 19.8 Å². The third-order valence-corrected chi connectivity index (χ3v) is 2.85. The maximum atomic E-state index is 13.5. The van der Waals surface area contributed by atoms with E-state index >= 15 is 0 Å². The molecule has 5 nitrogen and oxygen atoms in total. The lowest BCUT2D eigenvalue weighted by Crippen LogP contribution is -2.24. The SMILES string of the molecule is CCCCNC(=O)c1cnc(Nc2ccccc2F)nc1. The molecule has 0 radical (unpaired) electrons. The van der Waals surface area contributed by atoms with E-state index in [2.05, 4.69) is 27.5 Å². The van der Waals surface area contributed by atoms with E-state index in [0.29, 0.717) is 12.1 Å². The van der Waals surface area contributed by atoms with Crippen molar-refractivity contribution in [1.82, 2.24) is 15.3 Å². The Bertz CT molecular complexity index is 601. The van der Waals surface area contributed by atoms with Crippen molar-refractivity contribution in [2.24, 2.45) is 0 Å². The van der Waals surface area contributed by atoms with Crippen LogP contribution in [0.15, 0.2) is 36.7 Å². The molecule has 0 aliphatic carbocycles. The fraction of sp³-hybridized carbons (Fsp3) is 0.267. The van der Waals surface area contributed by atoms with Gasteiger partial charge in [0.15, 0.2) is 0 Å². The third-order valence-electron chi connectivity index (χ3n) is 2.85. The first-order valence-corrected chi connectivity index (χ1v) is 6.82. The number of rotatable bonds is 6. The van der Waals surface area contributed by atoms with Gasteiger partial charge in [0.25, 0.3) is 5.91 Å². The molecule has 1 amide bonds. The van der Waals surface area contributed by atoms with Crippen LogP contribution in [0.4, 0.5) is 16.0 Å². The summed E-state index contributed by atoms with van der Waals surface area (Å²) in [6.45, 7) is 2.68. The molecule has 21 heavy (non-hydrogen) atoms. The summed E-state index contributed by atoms with van der Waals surface area (Å²) in [6, 6.07) is 6.24. The highest BCUT2D eigenvalue weighted by Crippen LogP contribution is 2.16. The Kier molecular flexibility index (Phi) is 5.20.